The van der Waals surface area contributed by atoms with E-state index in [2.05, 4.69) is 10.6 Å². The number of nitrogens with one attached hydrogen (secondary N) is 1. The van der Waals surface area contributed by atoms with Gasteiger partial charge in [-0.2, -0.15) is 0 Å². The molecule has 0 aromatic carbocycles. The lowest BCUT2D eigenvalue weighted by Crippen LogP contribution is -2.27. The third kappa shape index (κ3) is 0.962. The predicted molar refractivity (Wildman–Crippen MR) is 26.4 cm³/mol. The van der Waals surface area contributed by atoms with Crippen LogP contribution in [0.25, 0.3) is 0 Å². The molecule has 4 heteroatoms. The van der Waals surface area contributed by atoms with Crippen LogP contribution in [0.1, 0.15) is 0 Å². The van der Waals surface area contributed by atoms with Crippen LogP contribution in [0.4, 0.5) is 0 Å². The van der Waals surface area contributed by atoms with Crippen LogP contribution in [-0.2, 0) is 4.79 Å². The maximum absolute atomic E-state index is 10.1. The monoisotopic (exact) mass is 115 g/mol. The summed E-state index contributed by atoms with van der Waals surface area (Å²) in [5.41, 5.74) is 0. The van der Waals surface area contributed by atoms with Crippen molar-refractivity contribution in [2.24, 2.45) is 0 Å². The van der Waals surface area contributed by atoms with Crippen molar-refractivity contribution >= 4 is 5.97 Å². The van der Waals surface area contributed by atoms with Crippen LogP contribution in [0.5, 0.6) is 0 Å². The van der Waals surface area contributed by atoms with Gasteiger partial charge in [0.25, 0.3) is 0 Å². The average Bonchev–Trinajstić information content (AvgIpc) is 2.12. The summed E-state index contributed by atoms with van der Waals surface area (Å²) in [7, 11) is 0. The normalized spacial score (nSPS) is 28.2. The molecule has 1 fully saturated rings. The van der Waals surface area contributed by atoms with E-state index in [4.69, 9.17) is 5.11 Å². The Labute approximate surface area is 46.9 Å². The summed E-state index contributed by atoms with van der Waals surface area (Å²) in [6.45, 7) is 0.965. The van der Waals surface area contributed by atoms with Crippen LogP contribution >= 0.6 is 0 Å². The second kappa shape index (κ2) is 2.11. The van der Waals surface area contributed by atoms with E-state index in [1.807, 2.05) is 0 Å². The summed E-state index contributed by atoms with van der Waals surface area (Å²) in [4.78, 5) is 10.1. The van der Waals surface area contributed by atoms with E-state index in [-0.39, 0.29) is 0 Å². The largest absolute Gasteiger partial charge is 0.480 e. The Morgan fingerprint density at radius 1 is 1.88 bits per heavy atom. The second-order valence-corrected chi connectivity index (χ2v) is 1.65. The zero-order valence-corrected chi connectivity index (χ0v) is 4.29. The summed E-state index contributed by atoms with van der Waals surface area (Å²) >= 11 is 0. The molecule has 1 heterocycles. The van der Waals surface area contributed by atoms with E-state index in [1.54, 1.807) is 0 Å². The van der Waals surface area contributed by atoms with Crippen molar-refractivity contribution in [3.63, 3.8) is 0 Å². The smallest absolute Gasteiger partial charge is 0.323 e. The SMILES string of the molecule is O=C(O)C1CNC[N]1. The number of rotatable bonds is 1. The molecule has 0 aliphatic carbocycles. The van der Waals surface area contributed by atoms with Crippen molar-refractivity contribution in [3.05, 3.63) is 0 Å². The molecule has 0 aromatic rings. The molecule has 4 nitrogen and oxygen atoms in total. The first-order valence-corrected chi connectivity index (χ1v) is 2.41. The Kier molecular flexibility index (Phi) is 1.45. The highest BCUT2D eigenvalue weighted by molar-refractivity contribution is 5.74. The van der Waals surface area contributed by atoms with Crippen LogP contribution in [0.2, 0.25) is 0 Å². The number of hydrogen-bond donors (Lipinski definition) is 2. The zero-order valence-electron chi connectivity index (χ0n) is 4.29. The molecular formula is C4H7N2O2. The van der Waals surface area contributed by atoms with E-state index < -0.39 is 12.0 Å². The van der Waals surface area contributed by atoms with Gasteiger partial charge in [-0.1, -0.05) is 0 Å². The molecule has 45 valence electrons. The van der Waals surface area contributed by atoms with Gasteiger partial charge in [0.15, 0.2) is 0 Å². The Hall–Kier alpha value is -0.610. The highest BCUT2D eigenvalue weighted by atomic mass is 16.4. The van der Waals surface area contributed by atoms with Gasteiger partial charge >= 0.3 is 5.97 Å². The number of carbonyl (C=O) groups is 1. The van der Waals surface area contributed by atoms with Gasteiger partial charge in [0.05, 0.1) is 6.67 Å². The Morgan fingerprint density at radius 3 is 2.88 bits per heavy atom. The van der Waals surface area contributed by atoms with Crippen molar-refractivity contribution in [3.8, 4) is 0 Å². The Bertz CT molecular complexity index is 98.2. The fourth-order valence-corrected chi connectivity index (χ4v) is 0.606. The average molecular weight is 115 g/mol. The topological polar surface area (TPSA) is 63.4 Å². The quantitative estimate of drug-likeness (QED) is 0.442. The molecule has 1 unspecified atom stereocenters. The van der Waals surface area contributed by atoms with Crippen molar-refractivity contribution in [1.29, 1.82) is 0 Å². The third-order valence-corrected chi connectivity index (χ3v) is 1.05. The number of aliphatic carboxylic acids is 1. The first kappa shape index (κ1) is 5.53. The maximum atomic E-state index is 10.1. The molecular weight excluding hydrogens is 108 g/mol. The van der Waals surface area contributed by atoms with Gasteiger partial charge < -0.3 is 10.4 Å². The fourth-order valence-electron chi connectivity index (χ4n) is 0.606. The van der Waals surface area contributed by atoms with Crippen LogP contribution in [0, 0.1) is 0 Å². The van der Waals surface area contributed by atoms with Gasteiger partial charge in [-0.3, -0.25) is 4.79 Å². The van der Waals surface area contributed by atoms with E-state index in [0.29, 0.717) is 13.2 Å². The fraction of sp³-hybridized carbons (Fsp3) is 0.750. The maximum Gasteiger partial charge on any atom is 0.323 e. The number of hydrogen-bond acceptors (Lipinski definition) is 2. The molecule has 0 bridgehead atoms. The van der Waals surface area contributed by atoms with E-state index in [0.717, 1.165) is 0 Å². The molecule has 8 heavy (non-hydrogen) atoms. The number of nitrogens with zero attached hydrogens (tertiary/aromatic N) is 1. The van der Waals surface area contributed by atoms with Gasteiger partial charge in [0, 0.05) is 6.54 Å². The minimum absolute atomic E-state index is 0.481. The summed E-state index contributed by atoms with van der Waals surface area (Å²) in [6, 6.07) is -0.505. The van der Waals surface area contributed by atoms with Crippen molar-refractivity contribution in [2.45, 2.75) is 6.04 Å². The van der Waals surface area contributed by atoms with Gasteiger partial charge in [0.1, 0.15) is 6.04 Å². The lowest BCUT2D eigenvalue weighted by molar-refractivity contribution is -0.138. The molecule has 1 saturated heterocycles. The number of carboxylic acids is 1. The highest BCUT2D eigenvalue weighted by Crippen LogP contribution is 1.88. The molecule has 1 rings (SSSR count). The molecule has 0 saturated carbocycles. The molecule has 1 aliphatic rings. The van der Waals surface area contributed by atoms with Gasteiger partial charge in [-0.15, -0.1) is 0 Å². The summed E-state index contributed by atoms with van der Waals surface area (Å²) in [5, 5.41) is 14.8. The van der Waals surface area contributed by atoms with Gasteiger partial charge in [-0.25, -0.2) is 5.32 Å². The lowest BCUT2D eigenvalue weighted by atomic mass is 10.3. The highest BCUT2D eigenvalue weighted by Gasteiger charge is 2.21. The van der Waals surface area contributed by atoms with E-state index in [1.165, 1.54) is 0 Å². The Balaban J connectivity index is 2.35. The second-order valence-electron chi connectivity index (χ2n) is 1.65. The van der Waals surface area contributed by atoms with E-state index in [9.17, 15) is 4.79 Å². The van der Waals surface area contributed by atoms with Crippen molar-refractivity contribution in [2.75, 3.05) is 13.2 Å². The van der Waals surface area contributed by atoms with Crippen LogP contribution in [0.15, 0.2) is 0 Å². The summed E-state index contributed by atoms with van der Waals surface area (Å²) < 4.78 is 0. The van der Waals surface area contributed by atoms with Gasteiger partial charge in [-0.05, 0) is 0 Å². The minimum Gasteiger partial charge on any atom is -0.480 e. The standard InChI is InChI=1S/C4H7N2O2/c7-4(8)3-1-5-2-6-3/h3,5H,1-2H2,(H,7,8). The lowest BCUT2D eigenvalue weighted by Gasteiger charge is -1.96. The van der Waals surface area contributed by atoms with Crippen LogP contribution in [-0.4, -0.2) is 30.3 Å². The minimum atomic E-state index is -0.838. The first-order chi connectivity index (χ1) is 3.80. The molecule has 1 atom stereocenters. The van der Waals surface area contributed by atoms with Crippen molar-refractivity contribution < 1.29 is 9.90 Å². The molecule has 1 aliphatic heterocycles. The molecule has 2 N–H and O–H groups in total. The number of carboxylic acid groups (broad SMARTS) is 1. The zero-order chi connectivity index (χ0) is 5.98. The van der Waals surface area contributed by atoms with Crippen LogP contribution in [0.3, 0.4) is 0 Å². The predicted octanol–water partition coefficient (Wildman–Crippen LogP) is -1.40. The first-order valence-electron chi connectivity index (χ1n) is 2.41. The molecule has 0 spiro atoms. The molecule has 1 radical (unpaired) electrons. The molecule has 0 aromatic heterocycles. The van der Waals surface area contributed by atoms with Crippen molar-refractivity contribution in [1.82, 2.24) is 10.6 Å². The van der Waals surface area contributed by atoms with Gasteiger partial charge in [0.2, 0.25) is 0 Å². The summed E-state index contributed by atoms with van der Waals surface area (Å²) in [5.74, 6) is -0.838. The molecule has 0 amide bonds. The third-order valence-electron chi connectivity index (χ3n) is 1.05. The Morgan fingerprint density at radius 2 is 2.62 bits per heavy atom. The van der Waals surface area contributed by atoms with Crippen LogP contribution < -0.4 is 10.6 Å². The van der Waals surface area contributed by atoms with E-state index >= 15 is 0 Å². The summed E-state index contributed by atoms with van der Waals surface area (Å²) in [6.07, 6.45) is 0.